The third-order valence-corrected chi connectivity index (χ3v) is 14.7. The van der Waals surface area contributed by atoms with Crippen LogP contribution in [0.3, 0.4) is 0 Å². The number of methoxy groups -OCH3 is 2. The number of carbonyl (C=O) groups excluding carboxylic acids is 1. The van der Waals surface area contributed by atoms with Gasteiger partial charge in [0.1, 0.15) is 41.9 Å². The number of nitro groups is 1. The molecule has 0 spiro atoms. The largest absolute Gasteiger partial charge is 0.497 e. The van der Waals surface area contributed by atoms with Crippen molar-refractivity contribution >= 4 is 46.8 Å². The maximum Gasteiger partial charge on any atom is 0.389 e. The topological polar surface area (TPSA) is 212 Å². The molecule has 4 atom stereocenters. The number of hydrogen-bond donors (Lipinski definition) is 1. The number of hydrogen-bond acceptors (Lipinski definition) is 15. The third-order valence-electron chi connectivity index (χ3n) is 11.0. The van der Waals surface area contributed by atoms with E-state index >= 15 is 0 Å². The molecule has 8 rings (SSSR count). The molecule has 1 aliphatic heterocycles. The van der Waals surface area contributed by atoms with E-state index in [0.717, 1.165) is 28.1 Å². The second kappa shape index (κ2) is 21.1. The smallest absolute Gasteiger partial charge is 0.389 e. The van der Waals surface area contributed by atoms with Crippen molar-refractivity contribution in [2.24, 2.45) is 0 Å². The average molecular weight is 942 g/mol. The zero-order chi connectivity index (χ0) is 46.8. The van der Waals surface area contributed by atoms with Gasteiger partial charge in [0.2, 0.25) is 0 Å². The lowest BCUT2D eigenvalue weighted by atomic mass is 9.80. The Kier molecular flexibility index (Phi) is 14.7. The van der Waals surface area contributed by atoms with Crippen molar-refractivity contribution in [2.75, 3.05) is 32.8 Å². The molecule has 3 heterocycles. The Bertz CT molecular complexity index is 2840. The normalized spacial score (nSPS) is 16.8. The molecule has 0 radical (unpaired) electrons. The Balaban J connectivity index is 1.17. The van der Waals surface area contributed by atoms with Crippen LogP contribution in [0.1, 0.15) is 51.7 Å². The first-order valence-electron chi connectivity index (χ1n) is 21.0. The standard InChI is InChI=1S/C48H44N7O10PS/c1-60-39-22-16-36(17-23-39)48(35-12-7-4-8-13-35,37-18-24-40(61-2)25-19-37)62-29-42-41(65-66(59,63-27-9-26-49)67-30-33-14-20-38(21-15-33)55(57)58)28-43(64-42)54-32-52-44-45(50-31-51-46(44)54)53-47(56)34-10-5-3-6-11-34/h3-8,10-25,31-32,41-43H,9,27-30H2,1-2H3,(H,50,51,53,56)/t41-,42+,43+,66?/m0/s1. The van der Waals surface area contributed by atoms with Gasteiger partial charge < -0.3 is 24.3 Å². The van der Waals surface area contributed by atoms with Crippen LogP contribution in [-0.2, 0) is 34.4 Å². The van der Waals surface area contributed by atoms with E-state index in [1.165, 1.54) is 24.8 Å². The first-order chi connectivity index (χ1) is 32.6. The summed E-state index contributed by atoms with van der Waals surface area (Å²) in [4.78, 5) is 37.5. The quantitative estimate of drug-likeness (QED) is 0.0248. The maximum atomic E-state index is 14.9. The average Bonchev–Trinajstić information content (AvgIpc) is 3.99. The van der Waals surface area contributed by atoms with Gasteiger partial charge in [-0.1, -0.05) is 84.9 Å². The Hall–Kier alpha value is -6.97. The molecule has 0 bridgehead atoms. The Morgan fingerprint density at radius 1 is 0.896 bits per heavy atom. The summed E-state index contributed by atoms with van der Waals surface area (Å²) in [5.74, 6) is 1.20. The highest BCUT2D eigenvalue weighted by atomic mass is 32.7. The fraction of sp³-hybridized carbons (Fsp3) is 0.229. The summed E-state index contributed by atoms with van der Waals surface area (Å²) in [5, 5.41) is 23.6. The number of amides is 1. The number of rotatable bonds is 20. The van der Waals surface area contributed by atoms with Crippen LogP contribution in [0.2, 0.25) is 0 Å². The number of nitrogens with zero attached hydrogens (tertiary/aromatic N) is 6. The van der Waals surface area contributed by atoms with Gasteiger partial charge >= 0.3 is 6.80 Å². The molecule has 0 aliphatic carbocycles. The zero-order valence-electron chi connectivity index (χ0n) is 36.2. The van der Waals surface area contributed by atoms with Crippen LogP contribution in [0.5, 0.6) is 11.5 Å². The van der Waals surface area contributed by atoms with Crippen molar-refractivity contribution in [1.82, 2.24) is 19.5 Å². The molecule has 7 aromatic rings. The fourth-order valence-corrected chi connectivity index (χ4v) is 11.1. The molecule has 0 saturated carbocycles. The van der Waals surface area contributed by atoms with Gasteiger partial charge in [-0.05, 0) is 70.0 Å². The van der Waals surface area contributed by atoms with Gasteiger partial charge in [0, 0.05) is 29.9 Å². The number of carbonyl (C=O) groups is 1. The molecule has 17 nitrogen and oxygen atoms in total. The van der Waals surface area contributed by atoms with Crippen molar-refractivity contribution in [1.29, 1.82) is 5.26 Å². The minimum atomic E-state index is -4.12. The second-order valence-corrected chi connectivity index (χ2v) is 19.1. The van der Waals surface area contributed by atoms with Gasteiger partial charge in [0.05, 0.1) is 51.2 Å². The highest BCUT2D eigenvalue weighted by molar-refractivity contribution is 8.54. The second-order valence-electron chi connectivity index (χ2n) is 15.1. The van der Waals surface area contributed by atoms with Crippen LogP contribution in [0.4, 0.5) is 11.5 Å². The van der Waals surface area contributed by atoms with Gasteiger partial charge in [-0.25, -0.2) is 19.5 Å². The van der Waals surface area contributed by atoms with Crippen LogP contribution < -0.4 is 14.8 Å². The SMILES string of the molecule is COc1ccc(C(OC[C@H]2O[C@@H](n3cnc4c(NC(=O)c5ccccc5)ncnc43)C[C@@H]2OP(=O)(OCCC#N)SCc2ccc([N+](=O)[O-])cc2)(c2ccccc2)c2ccc(OC)cc2)cc1. The maximum absolute atomic E-state index is 14.9. The van der Waals surface area contributed by atoms with Gasteiger partial charge in [0.15, 0.2) is 17.0 Å². The number of aromatic nitrogens is 4. The Morgan fingerprint density at radius 2 is 1.52 bits per heavy atom. The minimum Gasteiger partial charge on any atom is -0.497 e. The summed E-state index contributed by atoms with van der Waals surface area (Å²) in [6.45, 7) is -4.44. The van der Waals surface area contributed by atoms with E-state index < -0.39 is 35.8 Å². The predicted octanol–water partition coefficient (Wildman–Crippen LogP) is 9.66. The predicted molar refractivity (Wildman–Crippen MR) is 250 cm³/mol. The number of nitrogens with one attached hydrogen (secondary N) is 1. The van der Waals surface area contributed by atoms with Crippen LogP contribution in [0, 0.1) is 21.4 Å². The molecule has 1 saturated heterocycles. The third kappa shape index (κ3) is 10.5. The Morgan fingerprint density at radius 3 is 2.13 bits per heavy atom. The van der Waals surface area contributed by atoms with Crippen LogP contribution in [0.15, 0.2) is 146 Å². The van der Waals surface area contributed by atoms with Gasteiger partial charge in [-0.15, -0.1) is 0 Å². The molecule has 1 aliphatic rings. The van der Waals surface area contributed by atoms with E-state index in [-0.39, 0.29) is 49.2 Å². The molecule has 19 heteroatoms. The van der Waals surface area contributed by atoms with Crippen molar-refractivity contribution in [3.8, 4) is 17.6 Å². The van der Waals surface area contributed by atoms with Crippen LogP contribution in [-0.4, -0.2) is 70.0 Å². The summed E-state index contributed by atoms with van der Waals surface area (Å²) in [6, 6.07) is 41.4. The number of anilines is 1. The number of nitro benzene ring substituents is 1. The summed E-state index contributed by atoms with van der Waals surface area (Å²) in [7, 11) is 3.19. The number of nitriles is 1. The number of non-ortho nitro benzene ring substituents is 1. The monoisotopic (exact) mass is 941 g/mol. The molecule has 67 heavy (non-hydrogen) atoms. The minimum absolute atomic E-state index is 0.0605. The number of ether oxygens (including phenoxy) is 4. The zero-order valence-corrected chi connectivity index (χ0v) is 38.0. The van der Waals surface area contributed by atoms with Crippen molar-refractivity contribution < 1.29 is 42.3 Å². The lowest BCUT2D eigenvalue weighted by Gasteiger charge is -2.37. The fourth-order valence-electron chi connectivity index (χ4n) is 7.67. The van der Waals surface area contributed by atoms with E-state index in [0.29, 0.717) is 33.8 Å². The lowest BCUT2D eigenvalue weighted by Crippen LogP contribution is -2.38. The van der Waals surface area contributed by atoms with Crippen molar-refractivity contribution in [2.45, 2.75) is 42.6 Å². The molecular formula is C48H44N7O10PS. The van der Waals surface area contributed by atoms with Gasteiger partial charge in [0.25, 0.3) is 11.6 Å². The summed E-state index contributed by atoms with van der Waals surface area (Å²) < 4.78 is 54.2. The van der Waals surface area contributed by atoms with Gasteiger partial charge in [-0.3, -0.25) is 28.5 Å². The van der Waals surface area contributed by atoms with E-state index in [2.05, 4.69) is 20.3 Å². The Labute approximate surface area is 389 Å². The van der Waals surface area contributed by atoms with E-state index in [1.54, 1.807) is 55.2 Å². The van der Waals surface area contributed by atoms with Crippen molar-refractivity contribution in [3.63, 3.8) is 0 Å². The van der Waals surface area contributed by atoms with Crippen LogP contribution in [0.25, 0.3) is 11.2 Å². The van der Waals surface area contributed by atoms with E-state index in [1.807, 2.05) is 91.0 Å². The number of fused-ring (bicyclic) bond motifs is 1. The first-order valence-corrected chi connectivity index (χ1v) is 24.1. The lowest BCUT2D eigenvalue weighted by molar-refractivity contribution is -0.384. The summed E-state index contributed by atoms with van der Waals surface area (Å²) >= 11 is 0.891. The molecule has 342 valence electrons. The molecule has 1 amide bonds. The molecule has 1 N–H and O–H groups in total. The first kappa shape index (κ1) is 46.6. The molecule has 2 aromatic heterocycles. The highest BCUT2D eigenvalue weighted by Crippen LogP contribution is 2.64. The highest BCUT2D eigenvalue weighted by Gasteiger charge is 2.46. The molecule has 5 aromatic carbocycles. The van der Waals surface area contributed by atoms with Gasteiger partial charge in [-0.2, -0.15) is 5.26 Å². The summed E-state index contributed by atoms with van der Waals surface area (Å²) in [5.41, 5.74) is 2.70. The van der Waals surface area contributed by atoms with Crippen LogP contribution >= 0.6 is 18.2 Å². The summed E-state index contributed by atoms with van der Waals surface area (Å²) in [6.07, 6.45) is 0.175. The number of benzene rings is 5. The molecule has 1 fully saturated rings. The van der Waals surface area contributed by atoms with Crippen molar-refractivity contribution in [3.05, 3.63) is 184 Å². The molecule has 1 unspecified atom stereocenters. The number of imidazole rings is 1. The molecular weight excluding hydrogens is 898 g/mol. The van der Waals surface area contributed by atoms with E-state index in [9.17, 15) is 24.7 Å². The van der Waals surface area contributed by atoms with E-state index in [4.69, 9.17) is 28.0 Å².